The number of nitrogens with zero attached hydrogens (tertiary/aromatic N) is 3. The van der Waals surface area contributed by atoms with Crippen LogP contribution in [0.1, 0.15) is 51.9 Å². The second kappa shape index (κ2) is 7.02. The summed E-state index contributed by atoms with van der Waals surface area (Å²) < 4.78 is 0. The van der Waals surface area contributed by atoms with Gasteiger partial charge in [0.15, 0.2) is 0 Å². The Labute approximate surface area is 118 Å². The molecule has 1 aliphatic carbocycles. The molecular formula is C13H22N6O. The van der Waals surface area contributed by atoms with Crippen molar-refractivity contribution in [3.63, 3.8) is 0 Å². The lowest BCUT2D eigenvalue weighted by molar-refractivity contribution is -0.116. The monoisotopic (exact) mass is 278 g/mol. The van der Waals surface area contributed by atoms with Gasteiger partial charge in [0, 0.05) is 12.5 Å². The third-order valence-electron chi connectivity index (χ3n) is 3.07. The molecule has 0 atom stereocenters. The van der Waals surface area contributed by atoms with Crippen LogP contribution in [0.5, 0.6) is 0 Å². The zero-order valence-electron chi connectivity index (χ0n) is 11.9. The molecule has 1 aromatic heterocycles. The number of aromatic nitrogens is 3. The smallest absolute Gasteiger partial charge is 0.236 e. The molecule has 1 aromatic rings. The van der Waals surface area contributed by atoms with E-state index in [1.54, 1.807) is 0 Å². The van der Waals surface area contributed by atoms with E-state index in [0.29, 0.717) is 18.4 Å². The topological polar surface area (TPSA) is 106 Å². The third-order valence-corrected chi connectivity index (χ3v) is 3.07. The average molecular weight is 278 g/mol. The molecule has 1 saturated carbocycles. The summed E-state index contributed by atoms with van der Waals surface area (Å²) in [6.45, 7) is 2.14. The Kier molecular flexibility index (Phi) is 5.09. The summed E-state index contributed by atoms with van der Waals surface area (Å²) in [5.74, 6) is 0.691. The maximum Gasteiger partial charge on any atom is 0.236 e. The van der Waals surface area contributed by atoms with E-state index in [4.69, 9.17) is 5.73 Å². The van der Waals surface area contributed by atoms with Gasteiger partial charge in [0.25, 0.3) is 0 Å². The van der Waals surface area contributed by atoms with Crippen LogP contribution in [-0.2, 0) is 4.79 Å². The molecule has 0 bridgehead atoms. The standard InChI is InChI=1S/C13H22N6O/c1-2-3-4-5-6-10(20)16-13-18-11(14)17-12(19-13)15-9-7-8-9/h9H,2-8H2,1H3,(H4,14,15,16,17,18,19,20). The van der Waals surface area contributed by atoms with Crippen molar-refractivity contribution in [2.24, 2.45) is 0 Å². The second-order valence-corrected chi connectivity index (χ2v) is 5.12. The van der Waals surface area contributed by atoms with Gasteiger partial charge in [0.05, 0.1) is 0 Å². The maximum absolute atomic E-state index is 11.8. The Balaban J connectivity index is 1.84. The fourth-order valence-corrected chi connectivity index (χ4v) is 1.82. The molecule has 0 radical (unpaired) electrons. The number of carbonyl (C=O) groups excluding carboxylic acids is 1. The van der Waals surface area contributed by atoms with Crippen LogP contribution in [0, 0.1) is 0 Å². The number of amides is 1. The Hall–Kier alpha value is -1.92. The van der Waals surface area contributed by atoms with Gasteiger partial charge in [-0.25, -0.2) is 0 Å². The zero-order valence-corrected chi connectivity index (χ0v) is 11.9. The molecule has 7 heteroatoms. The predicted octanol–water partition coefficient (Wildman–Crippen LogP) is 1.94. The number of hydrogen-bond acceptors (Lipinski definition) is 6. The van der Waals surface area contributed by atoms with Crippen molar-refractivity contribution in [3.05, 3.63) is 0 Å². The highest BCUT2D eigenvalue weighted by molar-refractivity contribution is 5.89. The van der Waals surface area contributed by atoms with Crippen LogP contribution in [0.2, 0.25) is 0 Å². The van der Waals surface area contributed by atoms with Crippen LogP contribution < -0.4 is 16.4 Å². The third kappa shape index (κ3) is 4.99. The molecule has 2 rings (SSSR count). The number of nitrogens with one attached hydrogen (secondary N) is 2. The van der Waals surface area contributed by atoms with Gasteiger partial charge in [-0.3, -0.25) is 10.1 Å². The van der Waals surface area contributed by atoms with Crippen LogP contribution in [0.4, 0.5) is 17.8 Å². The minimum atomic E-state index is -0.0796. The number of unbranched alkanes of at least 4 members (excludes halogenated alkanes) is 3. The fourth-order valence-electron chi connectivity index (χ4n) is 1.82. The van der Waals surface area contributed by atoms with Gasteiger partial charge >= 0.3 is 0 Å². The first-order chi connectivity index (χ1) is 9.67. The zero-order chi connectivity index (χ0) is 14.4. The van der Waals surface area contributed by atoms with E-state index in [1.807, 2.05) is 0 Å². The number of nitrogens with two attached hydrogens (primary N) is 1. The lowest BCUT2D eigenvalue weighted by atomic mass is 10.1. The summed E-state index contributed by atoms with van der Waals surface area (Å²) in [4.78, 5) is 23.8. The van der Waals surface area contributed by atoms with Crippen molar-refractivity contribution in [1.29, 1.82) is 0 Å². The van der Waals surface area contributed by atoms with E-state index in [2.05, 4.69) is 32.5 Å². The van der Waals surface area contributed by atoms with E-state index in [1.165, 1.54) is 0 Å². The second-order valence-electron chi connectivity index (χ2n) is 5.12. The van der Waals surface area contributed by atoms with Gasteiger partial charge in [-0.15, -0.1) is 0 Å². The van der Waals surface area contributed by atoms with E-state index >= 15 is 0 Å². The first kappa shape index (κ1) is 14.5. The Bertz CT molecular complexity index is 460. The Morgan fingerprint density at radius 3 is 2.65 bits per heavy atom. The first-order valence-electron chi connectivity index (χ1n) is 7.25. The molecule has 110 valence electrons. The van der Waals surface area contributed by atoms with Crippen molar-refractivity contribution in [3.8, 4) is 0 Å². The number of nitrogen functional groups attached to an aromatic ring is 1. The van der Waals surface area contributed by atoms with E-state index in [-0.39, 0.29) is 17.8 Å². The molecule has 1 fully saturated rings. The molecule has 0 aliphatic heterocycles. The number of anilines is 3. The van der Waals surface area contributed by atoms with E-state index < -0.39 is 0 Å². The van der Waals surface area contributed by atoms with Crippen molar-refractivity contribution in [1.82, 2.24) is 15.0 Å². The molecule has 1 heterocycles. The minimum Gasteiger partial charge on any atom is -0.368 e. The molecular weight excluding hydrogens is 256 g/mol. The fraction of sp³-hybridized carbons (Fsp3) is 0.692. The van der Waals surface area contributed by atoms with E-state index in [0.717, 1.165) is 38.5 Å². The lowest BCUT2D eigenvalue weighted by Gasteiger charge is -2.07. The molecule has 0 saturated heterocycles. The van der Waals surface area contributed by atoms with Crippen molar-refractivity contribution in [2.75, 3.05) is 16.4 Å². The minimum absolute atomic E-state index is 0.0796. The van der Waals surface area contributed by atoms with Crippen LogP contribution >= 0.6 is 0 Å². The average Bonchev–Trinajstić information content (AvgIpc) is 3.18. The summed E-state index contributed by atoms with van der Waals surface area (Å²) in [5.41, 5.74) is 5.62. The van der Waals surface area contributed by atoms with Crippen LogP contribution in [0.25, 0.3) is 0 Å². The first-order valence-corrected chi connectivity index (χ1v) is 7.25. The Morgan fingerprint density at radius 1 is 1.20 bits per heavy atom. The van der Waals surface area contributed by atoms with E-state index in [9.17, 15) is 4.79 Å². The highest BCUT2D eigenvalue weighted by Crippen LogP contribution is 2.23. The summed E-state index contributed by atoms with van der Waals surface area (Å²) >= 11 is 0. The lowest BCUT2D eigenvalue weighted by Crippen LogP contribution is -2.16. The maximum atomic E-state index is 11.8. The highest BCUT2D eigenvalue weighted by Gasteiger charge is 2.22. The van der Waals surface area contributed by atoms with Gasteiger partial charge in [-0.1, -0.05) is 26.2 Å². The largest absolute Gasteiger partial charge is 0.368 e. The molecule has 0 unspecified atom stereocenters. The molecule has 0 aromatic carbocycles. The van der Waals surface area contributed by atoms with Crippen molar-refractivity contribution < 1.29 is 4.79 Å². The quantitative estimate of drug-likeness (QED) is 0.627. The van der Waals surface area contributed by atoms with Crippen molar-refractivity contribution in [2.45, 2.75) is 57.9 Å². The predicted molar refractivity (Wildman–Crippen MR) is 78.3 cm³/mol. The summed E-state index contributed by atoms with van der Waals surface area (Å²) in [5, 5.41) is 5.81. The normalized spacial score (nSPS) is 14.1. The molecule has 4 N–H and O–H groups in total. The molecule has 0 spiro atoms. The SMILES string of the molecule is CCCCCCC(=O)Nc1nc(N)nc(NC2CC2)n1. The van der Waals surface area contributed by atoms with Crippen molar-refractivity contribution >= 4 is 23.8 Å². The van der Waals surface area contributed by atoms with Crippen LogP contribution in [0.15, 0.2) is 0 Å². The van der Waals surface area contributed by atoms with Gasteiger partial charge in [-0.2, -0.15) is 15.0 Å². The number of hydrogen-bond donors (Lipinski definition) is 3. The Morgan fingerprint density at radius 2 is 1.95 bits per heavy atom. The molecule has 1 aliphatic rings. The molecule has 7 nitrogen and oxygen atoms in total. The van der Waals surface area contributed by atoms with Crippen LogP contribution in [-0.4, -0.2) is 26.9 Å². The highest BCUT2D eigenvalue weighted by atomic mass is 16.1. The number of carbonyl (C=O) groups is 1. The van der Waals surface area contributed by atoms with Gasteiger partial charge in [0.1, 0.15) is 0 Å². The van der Waals surface area contributed by atoms with Gasteiger partial charge in [0.2, 0.25) is 23.8 Å². The summed E-state index contributed by atoms with van der Waals surface area (Å²) in [6.07, 6.45) is 6.97. The molecule has 1 amide bonds. The van der Waals surface area contributed by atoms with Gasteiger partial charge in [-0.05, 0) is 19.3 Å². The summed E-state index contributed by atoms with van der Waals surface area (Å²) in [7, 11) is 0. The van der Waals surface area contributed by atoms with Gasteiger partial charge < -0.3 is 11.1 Å². The molecule has 20 heavy (non-hydrogen) atoms. The summed E-state index contributed by atoms with van der Waals surface area (Å²) in [6, 6.07) is 0.425. The number of rotatable bonds is 8. The van der Waals surface area contributed by atoms with Crippen LogP contribution in [0.3, 0.4) is 0 Å².